The molecule has 2 heteroatoms. The Kier molecular flexibility index (Phi) is 8.04. The van der Waals surface area contributed by atoms with E-state index < -0.39 is 0 Å². The maximum atomic E-state index is 6.05. The minimum atomic E-state index is 0.130. The molecule has 0 saturated carbocycles. The fourth-order valence-electron chi connectivity index (χ4n) is 1.46. The van der Waals surface area contributed by atoms with Crippen molar-refractivity contribution in [3.05, 3.63) is 0 Å². The van der Waals surface area contributed by atoms with Crippen molar-refractivity contribution in [2.75, 3.05) is 6.61 Å². The number of hydrogen-bond donors (Lipinski definition) is 1. The summed E-state index contributed by atoms with van der Waals surface area (Å²) in [5.41, 5.74) is 6.19. The van der Waals surface area contributed by atoms with Gasteiger partial charge in [0.05, 0.1) is 12.7 Å². The number of rotatable bonds is 8. The first kappa shape index (κ1) is 15.9. The molecule has 0 aliphatic rings. The van der Waals surface area contributed by atoms with Crippen LogP contribution in [0, 0.1) is 5.41 Å². The third-order valence-corrected chi connectivity index (χ3v) is 3.14. The second-order valence-electron chi connectivity index (χ2n) is 5.97. The van der Waals surface area contributed by atoms with Crippen LogP contribution in [0.5, 0.6) is 0 Å². The molecule has 0 heterocycles. The smallest absolute Gasteiger partial charge is 0.0626 e. The van der Waals surface area contributed by atoms with Gasteiger partial charge in [0.25, 0.3) is 0 Å². The minimum absolute atomic E-state index is 0.130. The monoisotopic (exact) mass is 229 g/mol. The zero-order valence-corrected chi connectivity index (χ0v) is 11.9. The minimum Gasteiger partial charge on any atom is -0.377 e. The van der Waals surface area contributed by atoms with Gasteiger partial charge in [-0.15, -0.1) is 0 Å². The summed E-state index contributed by atoms with van der Waals surface area (Å²) >= 11 is 0. The molecule has 0 aromatic carbocycles. The van der Waals surface area contributed by atoms with E-state index in [0.717, 1.165) is 6.42 Å². The van der Waals surface area contributed by atoms with Gasteiger partial charge in [0.1, 0.15) is 0 Å². The summed E-state index contributed by atoms with van der Waals surface area (Å²) in [5, 5.41) is 0. The van der Waals surface area contributed by atoms with Crippen LogP contribution in [0.15, 0.2) is 0 Å². The highest BCUT2D eigenvalue weighted by Gasteiger charge is 2.21. The summed E-state index contributed by atoms with van der Waals surface area (Å²) in [6.45, 7) is 11.6. The summed E-state index contributed by atoms with van der Waals surface area (Å²) in [5.74, 6) is 0. The molecular formula is C14H31NO. The molecule has 0 spiro atoms. The number of unbranched alkanes of at least 4 members (excludes halogenated alkanes) is 3. The normalized spacial score (nSPS) is 16.1. The van der Waals surface area contributed by atoms with Gasteiger partial charge < -0.3 is 10.5 Å². The van der Waals surface area contributed by atoms with Gasteiger partial charge in [-0.3, -0.25) is 0 Å². The van der Waals surface area contributed by atoms with E-state index in [-0.39, 0.29) is 11.5 Å². The molecule has 0 amide bonds. The Morgan fingerprint density at radius 1 is 1.12 bits per heavy atom. The van der Waals surface area contributed by atoms with Crippen LogP contribution in [0.4, 0.5) is 0 Å². The highest BCUT2D eigenvalue weighted by Crippen LogP contribution is 2.18. The van der Waals surface area contributed by atoms with Crippen molar-refractivity contribution >= 4 is 0 Å². The second kappa shape index (κ2) is 8.08. The van der Waals surface area contributed by atoms with Crippen LogP contribution >= 0.6 is 0 Å². The summed E-state index contributed by atoms with van der Waals surface area (Å²) < 4.78 is 5.79. The van der Waals surface area contributed by atoms with E-state index >= 15 is 0 Å². The summed E-state index contributed by atoms with van der Waals surface area (Å²) in [6, 6.07) is 0.130. The van der Waals surface area contributed by atoms with Gasteiger partial charge in [-0.05, 0) is 18.8 Å². The van der Waals surface area contributed by atoms with Crippen molar-refractivity contribution in [3.63, 3.8) is 0 Å². The Bertz CT molecular complexity index is 163. The van der Waals surface area contributed by atoms with Crippen LogP contribution in [0.2, 0.25) is 0 Å². The zero-order chi connectivity index (χ0) is 12.6. The topological polar surface area (TPSA) is 35.2 Å². The average Bonchev–Trinajstić information content (AvgIpc) is 2.19. The van der Waals surface area contributed by atoms with Crippen LogP contribution in [0.1, 0.15) is 66.7 Å². The first-order valence-corrected chi connectivity index (χ1v) is 6.75. The van der Waals surface area contributed by atoms with Gasteiger partial charge in [-0.1, -0.05) is 53.4 Å². The van der Waals surface area contributed by atoms with E-state index in [0.29, 0.717) is 12.7 Å². The van der Waals surface area contributed by atoms with Gasteiger partial charge in [0.2, 0.25) is 0 Å². The van der Waals surface area contributed by atoms with E-state index in [2.05, 4.69) is 34.6 Å². The average molecular weight is 229 g/mol. The molecule has 2 unspecified atom stereocenters. The lowest BCUT2D eigenvalue weighted by molar-refractivity contribution is 0.0307. The third-order valence-electron chi connectivity index (χ3n) is 3.14. The van der Waals surface area contributed by atoms with Gasteiger partial charge >= 0.3 is 0 Å². The lowest BCUT2D eigenvalue weighted by Crippen LogP contribution is -2.40. The molecule has 0 aromatic heterocycles. The predicted molar refractivity (Wildman–Crippen MR) is 71.6 cm³/mol. The van der Waals surface area contributed by atoms with Crippen LogP contribution in [0.25, 0.3) is 0 Å². The molecule has 2 N–H and O–H groups in total. The first-order valence-electron chi connectivity index (χ1n) is 6.75. The zero-order valence-electron chi connectivity index (χ0n) is 11.9. The maximum absolute atomic E-state index is 6.05. The van der Waals surface area contributed by atoms with Crippen LogP contribution < -0.4 is 5.73 Å². The Balaban J connectivity index is 3.53. The molecule has 2 atom stereocenters. The van der Waals surface area contributed by atoms with Crippen molar-refractivity contribution in [2.24, 2.45) is 11.1 Å². The second-order valence-corrected chi connectivity index (χ2v) is 5.97. The molecule has 0 aliphatic carbocycles. The van der Waals surface area contributed by atoms with Gasteiger partial charge in [-0.25, -0.2) is 0 Å². The Morgan fingerprint density at radius 2 is 1.75 bits per heavy atom. The van der Waals surface area contributed by atoms with E-state index in [1.165, 1.54) is 25.7 Å². The molecule has 0 radical (unpaired) electrons. The maximum Gasteiger partial charge on any atom is 0.0626 e. The Hall–Kier alpha value is -0.0800. The molecule has 2 nitrogen and oxygen atoms in total. The molecule has 0 rings (SSSR count). The Labute approximate surface area is 102 Å². The van der Waals surface area contributed by atoms with Gasteiger partial charge in [0, 0.05) is 6.04 Å². The van der Waals surface area contributed by atoms with Gasteiger partial charge in [0.15, 0.2) is 0 Å². The number of ether oxygens (including phenoxy) is 1. The summed E-state index contributed by atoms with van der Waals surface area (Å²) in [6.07, 6.45) is 6.76. The third kappa shape index (κ3) is 8.12. The Morgan fingerprint density at radius 3 is 2.25 bits per heavy atom. The SMILES string of the molecule is CCCCCCC(C)OCC(N)C(C)(C)C. The van der Waals surface area contributed by atoms with Crippen molar-refractivity contribution in [1.82, 2.24) is 0 Å². The number of hydrogen-bond acceptors (Lipinski definition) is 2. The van der Waals surface area contributed by atoms with Crippen molar-refractivity contribution in [1.29, 1.82) is 0 Å². The van der Waals surface area contributed by atoms with Gasteiger partial charge in [-0.2, -0.15) is 0 Å². The predicted octanol–water partition coefficient (Wildman–Crippen LogP) is 3.74. The van der Waals surface area contributed by atoms with E-state index in [9.17, 15) is 0 Å². The molecule has 98 valence electrons. The molecule has 0 aromatic rings. The molecule has 0 saturated heterocycles. The molecule has 0 bridgehead atoms. The van der Waals surface area contributed by atoms with E-state index in [4.69, 9.17) is 10.5 Å². The molecular weight excluding hydrogens is 198 g/mol. The highest BCUT2D eigenvalue weighted by atomic mass is 16.5. The lowest BCUT2D eigenvalue weighted by Gasteiger charge is -2.28. The largest absolute Gasteiger partial charge is 0.377 e. The number of nitrogens with two attached hydrogens (primary N) is 1. The van der Waals surface area contributed by atoms with Crippen LogP contribution in [0.3, 0.4) is 0 Å². The molecule has 0 fully saturated rings. The molecule has 16 heavy (non-hydrogen) atoms. The highest BCUT2D eigenvalue weighted by molar-refractivity contribution is 4.76. The summed E-state index contributed by atoms with van der Waals surface area (Å²) in [7, 11) is 0. The van der Waals surface area contributed by atoms with Crippen molar-refractivity contribution in [3.8, 4) is 0 Å². The lowest BCUT2D eigenvalue weighted by atomic mass is 9.88. The van der Waals surface area contributed by atoms with Crippen LogP contribution in [-0.4, -0.2) is 18.8 Å². The quantitative estimate of drug-likeness (QED) is 0.644. The fourth-order valence-corrected chi connectivity index (χ4v) is 1.46. The van der Waals surface area contributed by atoms with E-state index in [1.807, 2.05) is 0 Å². The van der Waals surface area contributed by atoms with Crippen molar-refractivity contribution < 1.29 is 4.74 Å². The fraction of sp³-hybridized carbons (Fsp3) is 1.00. The standard InChI is InChI=1S/C14H31NO/c1-6-7-8-9-10-12(2)16-11-13(15)14(3,4)5/h12-13H,6-11,15H2,1-5H3. The molecule has 0 aliphatic heterocycles. The van der Waals surface area contributed by atoms with E-state index in [1.54, 1.807) is 0 Å². The van der Waals surface area contributed by atoms with Crippen LogP contribution in [-0.2, 0) is 4.74 Å². The first-order chi connectivity index (χ1) is 7.38. The summed E-state index contributed by atoms with van der Waals surface area (Å²) in [4.78, 5) is 0. The van der Waals surface area contributed by atoms with Crippen molar-refractivity contribution in [2.45, 2.75) is 78.9 Å².